The topological polar surface area (TPSA) is 115 Å². The number of rotatable bonds is 3. The lowest BCUT2D eigenvalue weighted by molar-refractivity contribution is -0.121. The van der Waals surface area contributed by atoms with E-state index in [4.69, 9.17) is 10.3 Å². The molecule has 2 N–H and O–H groups in total. The predicted molar refractivity (Wildman–Crippen MR) is 82.0 cm³/mol. The molecule has 0 spiro atoms. The highest BCUT2D eigenvalue weighted by Crippen LogP contribution is 2.33. The van der Waals surface area contributed by atoms with E-state index >= 15 is 0 Å². The molecule has 2 aromatic heterocycles. The highest BCUT2D eigenvalue weighted by Gasteiger charge is 2.43. The summed E-state index contributed by atoms with van der Waals surface area (Å²) in [5.74, 6) is -0.683. The zero-order chi connectivity index (χ0) is 16.7. The number of aromatic nitrogens is 3. The Morgan fingerprint density at radius 3 is 2.52 bits per heavy atom. The van der Waals surface area contributed by atoms with E-state index in [-0.39, 0.29) is 18.4 Å². The molecule has 1 fully saturated rings. The van der Waals surface area contributed by atoms with Crippen molar-refractivity contribution < 1.29 is 14.1 Å². The van der Waals surface area contributed by atoms with E-state index in [9.17, 15) is 9.59 Å². The Kier molecular flexibility index (Phi) is 3.88. The predicted octanol–water partition coefficient (Wildman–Crippen LogP) is 0.792. The van der Waals surface area contributed by atoms with Gasteiger partial charge in [0.1, 0.15) is 4.88 Å². The smallest absolute Gasteiger partial charge is 0.265 e. The van der Waals surface area contributed by atoms with Crippen molar-refractivity contribution in [1.29, 1.82) is 0 Å². The summed E-state index contributed by atoms with van der Waals surface area (Å²) in [6, 6.07) is 0. The molecule has 0 unspecified atom stereocenters. The highest BCUT2D eigenvalue weighted by atomic mass is 32.1. The van der Waals surface area contributed by atoms with Crippen LogP contribution in [-0.2, 0) is 4.79 Å². The van der Waals surface area contributed by atoms with E-state index in [1.54, 1.807) is 18.7 Å². The Hall–Kier alpha value is -2.29. The minimum Gasteiger partial charge on any atom is -0.369 e. The summed E-state index contributed by atoms with van der Waals surface area (Å²) in [6.07, 6.45) is 0. The number of thiazole rings is 1. The Morgan fingerprint density at radius 2 is 2.00 bits per heavy atom. The van der Waals surface area contributed by atoms with Crippen molar-refractivity contribution >= 4 is 23.2 Å². The quantitative estimate of drug-likeness (QED) is 0.887. The largest absolute Gasteiger partial charge is 0.369 e. The zero-order valence-corrected chi connectivity index (χ0v) is 13.9. The van der Waals surface area contributed by atoms with Gasteiger partial charge in [0, 0.05) is 13.1 Å². The number of carbonyl (C=O) groups is 2. The molecule has 3 heterocycles. The van der Waals surface area contributed by atoms with Gasteiger partial charge in [-0.2, -0.15) is 4.98 Å². The van der Waals surface area contributed by atoms with Gasteiger partial charge >= 0.3 is 0 Å². The Balaban J connectivity index is 1.87. The van der Waals surface area contributed by atoms with E-state index in [1.807, 2.05) is 6.92 Å². The summed E-state index contributed by atoms with van der Waals surface area (Å²) in [6.45, 7) is 5.93. The SMILES string of the molecule is Cc1noc([C@@H]2CN(C(=O)c3sc(C)nc3C)C[C@H]2C(N)=O)n1. The van der Waals surface area contributed by atoms with Crippen LogP contribution >= 0.6 is 11.3 Å². The fraction of sp³-hybridized carbons (Fsp3) is 0.500. The molecule has 0 radical (unpaired) electrons. The van der Waals surface area contributed by atoms with Gasteiger partial charge < -0.3 is 15.2 Å². The van der Waals surface area contributed by atoms with E-state index in [0.29, 0.717) is 28.8 Å². The first kappa shape index (κ1) is 15.6. The monoisotopic (exact) mass is 335 g/mol. The number of nitrogens with zero attached hydrogens (tertiary/aromatic N) is 4. The average Bonchev–Trinajstić information content (AvgIpc) is 3.16. The molecule has 9 heteroatoms. The van der Waals surface area contributed by atoms with E-state index in [2.05, 4.69) is 15.1 Å². The van der Waals surface area contributed by atoms with Crippen molar-refractivity contribution in [2.24, 2.45) is 11.7 Å². The highest BCUT2D eigenvalue weighted by molar-refractivity contribution is 7.13. The van der Waals surface area contributed by atoms with Crippen LogP contribution in [0.25, 0.3) is 0 Å². The summed E-state index contributed by atoms with van der Waals surface area (Å²) >= 11 is 1.35. The molecule has 1 saturated heterocycles. The molecule has 122 valence electrons. The van der Waals surface area contributed by atoms with Gasteiger partial charge in [-0.1, -0.05) is 5.16 Å². The molecule has 2 amide bonds. The number of amides is 2. The van der Waals surface area contributed by atoms with Crippen LogP contribution in [0, 0.1) is 26.7 Å². The number of nitrogens with two attached hydrogens (primary N) is 1. The molecular formula is C14H17N5O3S. The second-order valence-corrected chi connectivity index (χ2v) is 6.86. The van der Waals surface area contributed by atoms with Crippen molar-refractivity contribution in [3.05, 3.63) is 27.3 Å². The second-order valence-electron chi connectivity index (χ2n) is 5.65. The number of carbonyl (C=O) groups excluding carboxylic acids is 2. The number of hydrogen-bond acceptors (Lipinski definition) is 7. The summed E-state index contributed by atoms with van der Waals surface area (Å²) in [5.41, 5.74) is 6.19. The van der Waals surface area contributed by atoms with Gasteiger partial charge in [0.2, 0.25) is 11.8 Å². The first-order valence-electron chi connectivity index (χ1n) is 7.19. The Labute approximate surface area is 136 Å². The standard InChI is InChI=1S/C14H17N5O3S/c1-6-11(23-8(3)16-6)14(21)19-4-9(12(15)20)10(5-19)13-17-7(2)18-22-13/h9-10H,4-5H2,1-3H3,(H2,15,20)/t9-,10-/m1/s1. The molecular weight excluding hydrogens is 318 g/mol. The maximum absolute atomic E-state index is 12.7. The van der Waals surface area contributed by atoms with Crippen molar-refractivity contribution in [2.45, 2.75) is 26.7 Å². The van der Waals surface area contributed by atoms with Crippen molar-refractivity contribution in [3.8, 4) is 0 Å². The number of hydrogen-bond donors (Lipinski definition) is 1. The van der Waals surface area contributed by atoms with Gasteiger partial charge in [-0.05, 0) is 20.8 Å². The first-order valence-corrected chi connectivity index (χ1v) is 8.01. The Morgan fingerprint density at radius 1 is 1.26 bits per heavy atom. The maximum atomic E-state index is 12.7. The fourth-order valence-electron chi connectivity index (χ4n) is 2.85. The van der Waals surface area contributed by atoms with Crippen LogP contribution in [-0.4, -0.2) is 44.9 Å². The summed E-state index contributed by atoms with van der Waals surface area (Å²) in [4.78, 5) is 35.1. The Bertz CT molecular complexity index is 768. The molecule has 0 aromatic carbocycles. The zero-order valence-electron chi connectivity index (χ0n) is 13.1. The minimum absolute atomic E-state index is 0.141. The third-order valence-corrected chi connectivity index (χ3v) is 4.99. The van der Waals surface area contributed by atoms with Crippen molar-refractivity contribution in [2.75, 3.05) is 13.1 Å². The van der Waals surface area contributed by atoms with Crippen LogP contribution in [0.1, 0.15) is 38.0 Å². The molecule has 2 atom stereocenters. The van der Waals surface area contributed by atoms with E-state index in [1.165, 1.54) is 11.3 Å². The van der Waals surface area contributed by atoms with Crippen LogP contribution in [0.3, 0.4) is 0 Å². The van der Waals surface area contributed by atoms with Crippen molar-refractivity contribution in [1.82, 2.24) is 20.0 Å². The lowest BCUT2D eigenvalue weighted by Gasteiger charge is -2.14. The number of likely N-dealkylation sites (tertiary alicyclic amines) is 1. The van der Waals surface area contributed by atoms with Gasteiger partial charge in [0.05, 0.1) is 22.5 Å². The molecule has 1 aliphatic rings. The van der Waals surface area contributed by atoms with Crippen LogP contribution in [0.2, 0.25) is 0 Å². The van der Waals surface area contributed by atoms with Crippen molar-refractivity contribution in [3.63, 3.8) is 0 Å². The van der Waals surface area contributed by atoms with Gasteiger partial charge in [-0.3, -0.25) is 9.59 Å². The second kappa shape index (κ2) is 5.73. The first-order chi connectivity index (χ1) is 10.9. The molecule has 23 heavy (non-hydrogen) atoms. The van der Waals surface area contributed by atoms with Crippen LogP contribution in [0.5, 0.6) is 0 Å². The summed E-state index contributed by atoms with van der Waals surface area (Å²) < 4.78 is 5.17. The van der Waals surface area contributed by atoms with E-state index in [0.717, 1.165) is 5.01 Å². The fourth-order valence-corrected chi connectivity index (χ4v) is 3.73. The molecule has 1 aliphatic heterocycles. The number of aryl methyl sites for hydroxylation is 3. The van der Waals surface area contributed by atoms with Crippen LogP contribution < -0.4 is 5.73 Å². The average molecular weight is 335 g/mol. The molecule has 0 saturated carbocycles. The molecule has 0 bridgehead atoms. The van der Waals surface area contributed by atoms with Gasteiger partial charge in [-0.25, -0.2) is 4.98 Å². The lowest BCUT2D eigenvalue weighted by atomic mass is 9.95. The molecule has 0 aliphatic carbocycles. The normalized spacial score (nSPS) is 20.9. The molecule has 8 nitrogen and oxygen atoms in total. The summed E-state index contributed by atoms with van der Waals surface area (Å²) in [7, 11) is 0. The third-order valence-electron chi connectivity index (χ3n) is 3.93. The number of primary amides is 1. The maximum Gasteiger partial charge on any atom is 0.265 e. The van der Waals surface area contributed by atoms with Gasteiger partial charge in [-0.15, -0.1) is 11.3 Å². The minimum atomic E-state index is -0.534. The summed E-state index contributed by atoms with van der Waals surface area (Å²) in [5, 5.41) is 4.58. The van der Waals surface area contributed by atoms with E-state index < -0.39 is 11.8 Å². The van der Waals surface area contributed by atoms with Crippen LogP contribution in [0.15, 0.2) is 4.52 Å². The van der Waals surface area contributed by atoms with Crippen LogP contribution in [0.4, 0.5) is 0 Å². The van der Waals surface area contributed by atoms with Gasteiger partial charge in [0.25, 0.3) is 5.91 Å². The van der Waals surface area contributed by atoms with Gasteiger partial charge in [0.15, 0.2) is 5.82 Å². The molecule has 3 rings (SSSR count). The lowest BCUT2D eigenvalue weighted by Crippen LogP contribution is -2.31. The molecule has 2 aromatic rings. The third kappa shape index (κ3) is 2.83.